The molecule has 0 amide bonds. The highest BCUT2D eigenvalue weighted by Gasteiger charge is 2.42. The summed E-state index contributed by atoms with van der Waals surface area (Å²) in [7, 11) is 0. The molecule has 4 heteroatoms. The second-order valence-electron chi connectivity index (χ2n) is 9.52. The molecule has 0 heterocycles. The summed E-state index contributed by atoms with van der Waals surface area (Å²) in [6.45, 7) is 8.56. The number of hydrogen-bond acceptors (Lipinski definition) is 2. The molecule has 4 atom stereocenters. The Morgan fingerprint density at radius 1 is 0.724 bits per heavy atom. The monoisotopic (exact) mass is 410 g/mol. The predicted molar refractivity (Wildman–Crippen MR) is 114 cm³/mol. The molecule has 0 saturated heterocycles. The molecule has 0 aromatic rings. The lowest BCUT2D eigenvalue weighted by molar-refractivity contribution is -0.123. The van der Waals surface area contributed by atoms with E-state index >= 15 is 0 Å². The highest BCUT2D eigenvalue weighted by molar-refractivity contribution is 4.91. The van der Waals surface area contributed by atoms with E-state index in [0.29, 0.717) is 38.4 Å². The van der Waals surface area contributed by atoms with Crippen LogP contribution in [0.15, 0.2) is 25.3 Å². The standard InChI is InChI=1S/C25H40F2O2/c1-3-5-16-28-22-14-15-23(25(27)24(22)26)29-17-19-8-12-21(13-9-19)20-10-6-18(4-2)7-11-20/h3-4,18-25H,1-2,5-17H2. The molecular formula is C25H40F2O2. The Kier molecular flexibility index (Phi) is 9.17. The van der Waals surface area contributed by atoms with E-state index in [4.69, 9.17) is 9.47 Å². The number of allylic oxidation sites excluding steroid dienone is 1. The minimum atomic E-state index is -1.58. The van der Waals surface area contributed by atoms with Gasteiger partial charge in [0.05, 0.1) is 18.8 Å². The van der Waals surface area contributed by atoms with Gasteiger partial charge in [-0.15, -0.1) is 13.2 Å². The fourth-order valence-corrected chi connectivity index (χ4v) is 5.65. The molecule has 0 N–H and O–H groups in total. The summed E-state index contributed by atoms with van der Waals surface area (Å²) >= 11 is 0. The molecular weight excluding hydrogens is 370 g/mol. The number of ether oxygens (including phenoxy) is 2. The average molecular weight is 411 g/mol. The minimum absolute atomic E-state index is 0.408. The van der Waals surface area contributed by atoms with Crippen molar-refractivity contribution in [1.82, 2.24) is 0 Å². The van der Waals surface area contributed by atoms with Gasteiger partial charge in [0, 0.05) is 6.61 Å². The second kappa shape index (κ2) is 11.6. The van der Waals surface area contributed by atoms with Crippen LogP contribution in [-0.2, 0) is 9.47 Å². The summed E-state index contributed by atoms with van der Waals surface area (Å²) in [5, 5.41) is 0. The summed E-state index contributed by atoms with van der Waals surface area (Å²) in [5.41, 5.74) is 0. The Bertz CT molecular complexity index is 495. The van der Waals surface area contributed by atoms with Gasteiger partial charge in [-0.3, -0.25) is 0 Å². The van der Waals surface area contributed by atoms with Crippen LogP contribution in [0.25, 0.3) is 0 Å². The van der Waals surface area contributed by atoms with Gasteiger partial charge >= 0.3 is 0 Å². The maximum absolute atomic E-state index is 14.5. The zero-order valence-electron chi connectivity index (χ0n) is 18.0. The lowest BCUT2D eigenvalue weighted by atomic mass is 9.69. The van der Waals surface area contributed by atoms with Crippen molar-refractivity contribution in [3.8, 4) is 0 Å². The fourth-order valence-electron chi connectivity index (χ4n) is 5.65. The van der Waals surface area contributed by atoms with Gasteiger partial charge in [-0.2, -0.15) is 0 Å². The third-order valence-electron chi connectivity index (χ3n) is 7.66. The smallest absolute Gasteiger partial charge is 0.160 e. The van der Waals surface area contributed by atoms with Crippen LogP contribution in [0.2, 0.25) is 0 Å². The minimum Gasteiger partial charge on any atom is -0.375 e. The zero-order valence-corrected chi connectivity index (χ0v) is 18.0. The summed E-state index contributed by atoms with van der Waals surface area (Å²) in [6.07, 6.45) is 11.4. The van der Waals surface area contributed by atoms with Crippen LogP contribution >= 0.6 is 0 Å². The quantitative estimate of drug-likeness (QED) is 0.315. The molecule has 166 valence electrons. The van der Waals surface area contributed by atoms with Gasteiger partial charge in [0.25, 0.3) is 0 Å². The van der Waals surface area contributed by atoms with Crippen LogP contribution in [0.4, 0.5) is 8.78 Å². The lowest BCUT2D eigenvalue weighted by Crippen LogP contribution is -2.47. The molecule has 3 fully saturated rings. The van der Waals surface area contributed by atoms with Crippen molar-refractivity contribution in [3.63, 3.8) is 0 Å². The fraction of sp³-hybridized carbons (Fsp3) is 0.840. The van der Waals surface area contributed by atoms with E-state index in [9.17, 15) is 8.78 Å². The maximum atomic E-state index is 14.5. The molecule has 3 aliphatic carbocycles. The van der Waals surface area contributed by atoms with E-state index in [1.54, 1.807) is 6.08 Å². The first-order valence-electron chi connectivity index (χ1n) is 11.9. The van der Waals surface area contributed by atoms with Crippen LogP contribution in [0.1, 0.15) is 70.6 Å². The maximum Gasteiger partial charge on any atom is 0.160 e. The Balaban J connectivity index is 1.34. The molecule has 2 nitrogen and oxygen atoms in total. The summed E-state index contributed by atoms with van der Waals surface area (Å²) in [4.78, 5) is 0. The lowest BCUT2D eigenvalue weighted by Gasteiger charge is -2.38. The van der Waals surface area contributed by atoms with Crippen LogP contribution in [0.3, 0.4) is 0 Å². The first-order chi connectivity index (χ1) is 14.1. The van der Waals surface area contributed by atoms with Crippen molar-refractivity contribution in [2.45, 2.75) is 95.2 Å². The Morgan fingerprint density at radius 3 is 1.83 bits per heavy atom. The molecule has 0 bridgehead atoms. The number of alkyl halides is 2. The topological polar surface area (TPSA) is 18.5 Å². The molecule has 29 heavy (non-hydrogen) atoms. The van der Waals surface area contributed by atoms with Crippen molar-refractivity contribution in [1.29, 1.82) is 0 Å². The van der Waals surface area contributed by atoms with Gasteiger partial charge in [-0.05, 0) is 94.3 Å². The van der Waals surface area contributed by atoms with Gasteiger partial charge in [0.15, 0.2) is 12.3 Å². The van der Waals surface area contributed by atoms with Gasteiger partial charge < -0.3 is 9.47 Å². The third kappa shape index (κ3) is 6.37. The van der Waals surface area contributed by atoms with Gasteiger partial charge in [0.2, 0.25) is 0 Å². The van der Waals surface area contributed by atoms with E-state index in [1.165, 1.54) is 51.4 Å². The summed E-state index contributed by atoms with van der Waals surface area (Å²) in [6, 6.07) is 0. The normalized spacial score (nSPS) is 41.0. The Labute approximate surface area is 176 Å². The van der Waals surface area contributed by atoms with Gasteiger partial charge in [-0.1, -0.05) is 12.2 Å². The van der Waals surface area contributed by atoms with E-state index < -0.39 is 24.6 Å². The zero-order chi connectivity index (χ0) is 20.6. The molecule has 0 aliphatic heterocycles. The Morgan fingerprint density at radius 2 is 1.28 bits per heavy atom. The molecule has 3 aliphatic rings. The van der Waals surface area contributed by atoms with E-state index in [-0.39, 0.29) is 0 Å². The van der Waals surface area contributed by atoms with Crippen molar-refractivity contribution < 1.29 is 18.3 Å². The second-order valence-corrected chi connectivity index (χ2v) is 9.52. The summed E-state index contributed by atoms with van der Waals surface area (Å²) < 4.78 is 40.3. The van der Waals surface area contributed by atoms with Crippen molar-refractivity contribution in [2.24, 2.45) is 23.7 Å². The van der Waals surface area contributed by atoms with Crippen molar-refractivity contribution in [2.75, 3.05) is 13.2 Å². The number of rotatable bonds is 9. The van der Waals surface area contributed by atoms with Crippen LogP contribution in [-0.4, -0.2) is 37.8 Å². The predicted octanol–water partition coefficient (Wildman–Crippen LogP) is 6.60. The van der Waals surface area contributed by atoms with Gasteiger partial charge in [0.1, 0.15) is 0 Å². The molecule has 0 radical (unpaired) electrons. The molecule has 0 aromatic carbocycles. The van der Waals surface area contributed by atoms with Crippen LogP contribution in [0, 0.1) is 23.7 Å². The molecule has 0 spiro atoms. The molecule has 3 saturated carbocycles. The molecule has 4 unspecified atom stereocenters. The first kappa shape index (κ1) is 22.9. The summed E-state index contributed by atoms with van der Waals surface area (Å²) in [5.74, 6) is 2.96. The number of hydrogen-bond donors (Lipinski definition) is 0. The van der Waals surface area contributed by atoms with E-state index in [0.717, 1.165) is 17.8 Å². The largest absolute Gasteiger partial charge is 0.375 e. The van der Waals surface area contributed by atoms with Crippen LogP contribution < -0.4 is 0 Å². The van der Waals surface area contributed by atoms with Gasteiger partial charge in [-0.25, -0.2) is 8.78 Å². The number of halogens is 2. The SMILES string of the molecule is C=CCCOC1CCC(OCC2CCC(C3CCC(C=C)CC3)CC2)C(F)C1F. The van der Waals surface area contributed by atoms with Crippen LogP contribution in [0.5, 0.6) is 0 Å². The third-order valence-corrected chi connectivity index (χ3v) is 7.66. The van der Waals surface area contributed by atoms with Crippen molar-refractivity contribution in [3.05, 3.63) is 25.3 Å². The average Bonchev–Trinajstić information content (AvgIpc) is 2.77. The Hall–Kier alpha value is -0.740. The highest BCUT2D eigenvalue weighted by Crippen LogP contribution is 2.42. The molecule has 0 aromatic heterocycles. The molecule has 3 rings (SSSR count). The van der Waals surface area contributed by atoms with E-state index in [1.807, 2.05) is 0 Å². The first-order valence-corrected chi connectivity index (χ1v) is 11.9. The van der Waals surface area contributed by atoms with E-state index in [2.05, 4.69) is 19.2 Å². The highest BCUT2D eigenvalue weighted by atomic mass is 19.2. The van der Waals surface area contributed by atoms with Crippen molar-refractivity contribution >= 4 is 0 Å².